The van der Waals surface area contributed by atoms with Crippen LogP contribution in [0, 0.1) is 38.4 Å². The minimum atomic E-state index is 0. The minimum absolute atomic E-state index is 0. The Balaban J connectivity index is 0.000000279. The average Bonchev–Trinajstić information content (AvgIpc) is 3.55. The Kier molecular flexibility index (Phi) is 24.1. The van der Waals surface area contributed by atoms with Crippen LogP contribution >= 0.6 is 0 Å². The van der Waals surface area contributed by atoms with Crippen LogP contribution in [0.5, 0.6) is 0 Å². The molecule has 4 nitrogen and oxygen atoms in total. The summed E-state index contributed by atoms with van der Waals surface area (Å²) >= 11 is 0. The Bertz CT molecular complexity index is 3180. The number of hydrogen-bond donors (Lipinski definition) is 0. The predicted octanol–water partition coefficient (Wildman–Crippen LogP) is 24.6. The Hall–Kier alpha value is -7.14. The van der Waals surface area contributed by atoms with E-state index in [-0.39, 0.29) is 62.8 Å². The average molecular weight is 1210 g/mol. The van der Waals surface area contributed by atoms with Gasteiger partial charge in [0.25, 0.3) is 0 Å². The van der Waals surface area contributed by atoms with E-state index in [1.807, 2.05) is 12.1 Å². The van der Waals surface area contributed by atoms with Crippen LogP contribution in [0.2, 0.25) is 0 Å². The molecule has 0 aromatic heterocycles. The van der Waals surface area contributed by atoms with Gasteiger partial charge < -0.3 is 0 Å². The molecule has 8 rings (SSSR count). The largest absolute Gasteiger partial charge is 6.00 e. The molecule has 0 aliphatic heterocycles. The van der Waals surface area contributed by atoms with E-state index in [1.54, 1.807) is 0 Å². The van der Waals surface area contributed by atoms with Crippen molar-refractivity contribution in [2.24, 2.45) is 0 Å². The van der Waals surface area contributed by atoms with Crippen LogP contribution in [0.4, 0.5) is 22.7 Å². The zero-order valence-corrected chi connectivity index (χ0v) is 57.7. The molecule has 0 bridgehead atoms. The summed E-state index contributed by atoms with van der Waals surface area (Å²) in [4.78, 5) is 15.0. The molecule has 0 atom stereocenters. The van der Waals surface area contributed by atoms with Crippen molar-refractivity contribution in [1.82, 2.24) is 0 Å². The van der Waals surface area contributed by atoms with Crippen LogP contribution < -0.4 is 0 Å². The molecule has 0 heterocycles. The maximum absolute atomic E-state index is 7.41. The summed E-state index contributed by atoms with van der Waals surface area (Å²) in [5.74, 6) is 0. The molecule has 0 unspecified atom stereocenters. The monoisotopic (exact) mass is 1210 g/mol. The van der Waals surface area contributed by atoms with Crippen LogP contribution in [0.25, 0.3) is 52.1 Å². The topological polar surface area (TPSA) is 17.4 Å². The van der Waals surface area contributed by atoms with Gasteiger partial charge in [-0.25, -0.2) is 30.5 Å². The second kappa shape index (κ2) is 28.4. The van der Waals surface area contributed by atoms with Crippen molar-refractivity contribution in [2.75, 3.05) is 0 Å². The van der Waals surface area contributed by atoms with Crippen molar-refractivity contribution in [1.29, 1.82) is 0 Å². The molecule has 0 fully saturated rings. The molecular formula is C80H96N4Ru+4. The Labute approximate surface area is 529 Å². The predicted molar refractivity (Wildman–Crippen MR) is 365 cm³/mol. The van der Waals surface area contributed by atoms with Gasteiger partial charge in [0, 0.05) is 0 Å². The van der Waals surface area contributed by atoms with Gasteiger partial charge in [-0.05, 0) is 87.8 Å². The summed E-state index contributed by atoms with van der Waals surface area (Å²) in [7, 11) is 0. The van der Waals surface area contributed by atoms with Crippen molar-refractivity contribution >= 4 is 44.3 Å². The first kappa shape index (κ1) is 72.1. The van der Waals surface area contributed by atoms with Crippen LogP contribution in [0.1, 0.15) is 211 Å². The van der Waals surface area contributed by atoms with E-state index < -0.39 is 0 Å². The molecule has 8 aromatic rings. The molecule has 0 aliphatic rings. The van der Waals surface area contributed by atoms with E-state index in [1.165, 1.54) is 21.5 Å². The summed E-state index contributed by atoms with van der Waals surface area (Å²) in [6, 6.07) is 56.7. The minimum Gasteiger partial charge on any atom is -0.238 e. The number of benzene rings is 8. The van der Waals surface area contributed by atoms with E-state index in [2.05, 4.69) is 331 Å². The third-order valence-corrected chi connectivity index (χ3v) is 14.7. The second-order valence-electron chi connectivity index (χ2n) is 30.2. The van der Waals surface area contributed by atoms with Gasteiger partial charge in [-0.2, -0.15) is 24.3 Å². The third kappa shape index (κ3) is 19.4. The fourth-order valence-corrected chi connectivity index (χ4v) is 10.1. The number of rotatable bonds is 1. The molecule has 0 saturated heterocycles. The summed E-state index contributed by atoms with van der Waals surface area (Å²) in [5, 5.41) is 4.92. The van der Waals surface area contributed by atoms with Gasteiger partial charge in [0.2, 0.25) is 0 Å². The van der Waals surface area contributed by atoms with Crippen molar-refractivity contribution in [3.05, 3.63) is 248 Å². The van der Waals surface area contributed by atoms with E-state index in [4.69, 9.17) is 26.3 Å². The Morgan fingerprint density at radius 1 is 0.247 bits per heavy atom. The number of para-hydroxylation sites is 4. The first-order valence-corrected chi connectivity index (χ1v) is 29.5. The zero-order valence-electron chi connectivity index (χ0n) is 56.0. The normalized spacial score (nSPS) is 11.9. The molecule has 0 aliphatic carbocycles. The maximum Gasteiger partial charge on any atom is 6.00 e. The van der Waals surface area contributed by atoms with Gasteiger partial charge in [-0.15, -0.1) is 33.7 Å². The molecule has 0 radical (unpaired) electrons. The van der Waals surface area contributed by atoms with Gasteiger partial charge in [0.1, 0.15) is 0 Å². The van der Waals surface area contributed by atoms with Crippen molar-refractivity contribution < 1.29 is 19.5 Å². The van der Waals surface area contributed by atoms with Crippen LogP contribution in [-0.2, 0) is 62.8 Å². The molecule has 85 heavy (non-hydrogen) atoms. The van der Waals surface area contributed by atoms with Gasteiger partial charge in [0.05, 0.1) is 26.3 Å². The van der Waals surface area contributed by atoms with Gasteiger partial charge in [-0.3, -0.25) is 0 Å². The van der Waals surface area contributed by atoms with Crippen molar-refractivity contribution in [3.8, 4) is 11.1 Å². The van der Waals surface area contributed by atoms with Gasteiger partial charge >= 0.3 is 19.5 Å². The first-order chi connectivity index (χ1) is 38.6. The molecule has 8 aromatic carbocycles. The van der Waals surface area contributed by atoms with Crippen molar-refractivity contribution in [3.63, 3.8) is 0 Å². The van der Waals surface area contributed by atoms with E-state index >= 15 is 0 Å². The molecule has 0 saturated carbocycles. The molecule has 0 N–H and O–H groups in total. The fourth-order valence-electron chi connectivity index (χ4n) is 10.1. The summed E-state index contributed by atoms with van der Waals surface area (Å²) in [5.41, 5.74) is 14.9. The van der Waals surface area contributed by atoms with Crippen LogP contribution in [0.15, 0.2) is 146 Å². The Morgan fingerprint density at radius 2 is 0.412 bits per heavy atom. The first-order valence-electron chi connectivity index (χ1n) is 29.5. The number of nitrogens with zero attached hydrogens (tertiary/aromatic N) is 4. The molecule has 0 amide bonds. The van der Waals surface area contributed by atoms with Gasteiger partial charge in [0.15, 0.2) is 22.7 Å². The number of fused-ring (bicyclic) bond motifs is 2. The molecule has 0 spiro atoms. The SMILES string of the molecule is [C-]#[N+]c1c(C(C)(C)C)cccc1C(C)(C)C.[C-]#[N+]c1c(C(C)(C)C)cccc1C(C)(C)C.[C-]#[N+]c1c(C(C)(C)C)cccc1C(C)(C)C.[C-]#[N+]c1c(C(C)(C)C)cccc1C(C)(C)C.[Ru+6].[c-]1cc2ccccc2cc1-c1[c-]cc2ccccc2c1. The maximum atomic E-state index is 7.41. The smallest absolute Gasteiger partial charge is 0.238 e. The van der Waals surface area contributed by atoms with Crippen LogP contribution in [0.3, 0.4) is 0 Å². The summed E-state index contributed by atoms with van der Waals surface area (Å²) in [6.45, 7) is 81.4. The second-order valence-corrected chi connectivity index (χ2v) is 30.2. The Morgan fingerprint density at radius 3 is 0.565 bits per heavy atom. The summed E-state index contributed by atoms with van der Waals surface area (Å²) < 4.78 is 0. The fraction of sp³-hybridized carbons (Fsp3) is 0.400. The number of hydrogen-bond acceptors (Lipinski definition) is 0. The van der Waals surface area contributed by atoms with Crippen LogP contribution in [-0.4, -0.2) is 0 Å². The molecular weight excluding hydrogens is 1120 g/mol. The van der Waals surface area contributed by atoms with E-state index in [0.29, 0.717) is 0 Å². The quantitative estimate of drug-likeness (QED) is 0.115. The molecule has 440 valence electrons. The summed E-state index contributed by atoms with van der Waals surface area (Å²) in [6.07, 6.45) is 0. The van der Waals surface area contributed by atoms with Gasteiger partial charge in [-0.1, -0.05) is 287 Å². The van der Waals surface area contributed by atoms with Crippen molar-refractivity contribution in [2.45, 2.75) is 209 Å². The van der Waals surface area contributed by atoms with E-state index in [0.717, 1.165) is 78.4 Å². The third-order valence-electron chi connectivity index (χ3n) is 14.7. The van der Waals surface area contributed by atoms with E-state index in [9.17, 15) is 0 Å². The zero-order chi connectivity index (χ0) is 63.6. The molecule has 5 heteroatoms. The standard InChI is InChI=1S/C20H12.4C15H21N.Ru/c1-3-7-17-13-19(11-9-15(17)5-1)20-12-10-16-6-2-4-8-18(16)14-20;4*1-14(2,3)11-9-8-10-12(13(11)16-7)15(4,5)6;/h1-10,13-14H;4*8-10H,1-6H3;/q-2;;;;;+6.